The summed E-state index contributed by atoms with van der Waals surface area (Å²) in [6, 6.07) is 9.19. The van der Waals surface area contributed by atoms with Crippen molar-refractivity contribution in [3.8, 4) is 0 Å². The molecule has 1 aromatic carbocycles. The van der Waals surface area contributed by atoms with Crippen molar-refractivity contribution in [1.82, 2.24) is 5.32 Å². The van der Waals surface area contributed by atoms with Gasteiger partial charge < -0.3 is 5.32 Å². The molecule has 0 aliphatic carbocycles. The Bertz CT molecular complexity index is 239. The van der Waals surface area contributed by atoms with Crippen LogP contribution in [0.1, 0.15) is 31.0 Å². The van der Waals surface area contributed by atoms with E-state index in [0.29, 0.717) is 6.04 Å². The fourth-order valence-corrected chi connectivity index (χ4v) is 1.26. The highest BCUT2D eigenvalue weighted by molar-refractivity contribution is 5.31. The van der Waals surface area contributed by atoms with Crippen LogP contribution < -0.4 is 5.32 Å². The normalized spacial score (nSPS) is 19.4. The van der Waals surface area contributed by atoms with E-state index in [4.69, 9.17) is 0 Å². The minimum atomic E-state index is 0.654. The van der Waals surface area contributed by atoms with E-state index in [0.717, 1.165) is 6.54 Å². The minimum absolute atomic E-state index is 0.654. The first-order chi connectivity index (χ1) is 5.88. The van der Waals surface area contributed by atoms with Gasteiger partial charge in [-0.2, -0.15) is 0 Å². The molecule has 0 radical (unpaired) electrons. The molecule has 1 aliphatic rings. The van der Waals surface area contributed by atoms with E-state index in [1.54, 1.807) is 0 Å². The molecule has 12 heavy (non-hydrogen) atoms. The van der Waals surface area contributed by atoms with Crippen molar-refractivity contribution >= 4 is 0 Å². The van der Waals surface area contributed by atoms with Gasteiger partial charge in [-0.15, -0.1) is 0 Å². The van der Waals surface area contributed by atoms with Gasteiger partial charge in [-0.3, -0.25) is 0 Å². The van der Waals surface area contributed by atoms with Crippen molar-refractivity contribution in [1.29, 1.82) is 0 Å². The maximum atomic E-state index is 3.29. The Morgan fingerprint density at radius 1 is 1.25 bits per heavy atom. The Morgan fingerprint density at radius 3 is 2.33 bits per heavy atom. The predicted molar refractivity (Wildman–Crippen MR) is 53.3 cm³/mol. The number of hydrogen-bond donors (Lipinski definition) is 1. The number of nitrogens with one attached hydrogen (secondary N) is 1. The molecule has 0 bridgehead atoms. The highest BCUT2D eigenvalue weighted by Crippen LogP contribution is 2.23. The molecular formula is C11H17N. The zero-order chi connectivity index (χ0) is 8.97. The van der Waals surface area contributed by atoms with Gasteiger partial charge in [-0.1, -0.05) is 38.1 Å². The lowest BCUT2D eigenvalue weighted by Crippen LogP contribution is -1.87. The molecular weight excluding hydrogens is 146 g/mol. The topological polar surface area (TPSA) is 21.9 Å². The van der Waals surface area contributed by atoms with Gasteiger partial charge in [0.05, 0.1) is 0 Å². The van der Waals surface area contributed by atoms with Gasteiger partial charge in [0, 0.05) is 12.6 Å². The summed E-state index contributed by atoms with van der Waals surface area (Å²) < 4.78 is 0. The molecule has 1 fully saturated rings. The third-order valence-corrected chi connectivity index (χ3v) is 1.97. The van der Waals surface area contributed by atoms with Crippen LogP contribution in [-0.4, -0.2) is 6.54 Å². The second kappa shape index (κ2) is 4.27. The molecule has 1 unspecified atom stereocenters. The summed E-state index contributed by atoms with van der Waals surface area (Å²) in [5.41, 5.74) is 2.86. The summed E-state index contributed by atoms with van der Waals surface area (Å²) in [6.45, 7) is 7.32. The number of benzene rings is 1. The van der Waals surface area contributed by atoms with Crippen molar-refractivity contribution in [3.05, 3.63) is 35.4 Å². The molecule has 1 heteroatoms. The van der Waals surface area contributed by atoms with Crippen LogP contribution in [0.2, 0.25) is 0 Å². The van der Waals surface area contributed by atoms with Crippen molar-refractivity contribution in [2.75, 3.05) is 6.54 Å². The van der Waals surface area contributed by atoms with Crippen molar-refractivity contribution in [2.24, 2.45) is 0 Å². The lowest BCUT2D eigenvalue weighted by molar-refractivity contribution is 1.06. The summed E-state index contributed by atoms with van der Waals surface area (Å²) in [5.74, 6) is 0. The third-order valence-electron chi connectivity index (χ3n) is 1.97. The summed E-state index contributed by atoms with van der Waals surface area (Å²) in [6.07, 6.45) is 0. The van der Waals surface area contributed by atoms with Gasteiger partial charge in [-0.05, 0) is 18.1 Å². The van der Waals surface area contributed by atoms with Gasteiger partial charge in [0.1, 0.15) is 0 Å². The molecule has 1 saturated heterocycles. The summed E-state index contributed by atoms with van der Waals surface area (Å²) in [7, 11) is 0. The van der Waals surface area contributed by atoms with E-state index in [1.807, 2.05) is 13.8 Å². The van der Waals surface area contributed by atoms with Gasteiger partial charge in [0.2, 0.25) is 0 Å². The Hall–Kier alpha value is -0.820. The Labute approximate surface area is 74.8 Å². The Kier molecular flexibility index (Phi) is 3.30. The van der Waals surface area contributed by atoms with Crippen LogP contribution in [0.5, 0.6) is 0 Å². The lowest BCUT2D eigenvalue weighted by atomic mass is 10.1. The monoisotopic (exact) mass is 163 g/mol. The minimum Gasteiger partial charge on any atom is -0.307 e. The number of hydrogen-bond acceptors (Lipinski definition) is 1. The standard InChI is InChI=1S/C9H11N.C2H6/c1-7-4-2-3-5-8(7)9-6-10-9;1-2/h2-5,9-10H,6H2,1H3;1-2H3. The van der Waals surface area contributed by atoms with E-state index in [-0.39, 0.29) is 0 Å². The highest BCUT2D eigenvalue weighted by atomic mass is 15.1. The lowest BCUT2D eigenvalue weighted by Gasteiger charge is -1.99. The van der Waals surface area contributed by atoms with Gasteiger partial charge in [0.15, 0.2) is 0 Å². The molecule has 0 aromatic heterocycles. The second-order valence-corrected chi connectivity index (χ2v) is 2.82. The SMILES string of the molecule is CC.Cc1ccccc1C1CN1. The van der Waals surface area contributed by atoms with Crippen LogP contribution in [-0.2, 0) is 0 Å². The maximum absolute atomic E-state index is 3.29. The van der Waals surface area contributed by atoms with Crippen molar-refractivity contribution < 1.29 is 0 Å². The second-order valence-electron chi connectivity index (χ2n) is 2.82. The molecule has 0 amide bonds. The van der Waals surface area contributed by atoms with E-state index in [2.05, 4.69) is 36.5 Å². The van der Waals surface area contributed by atoms with Crippen LogP contribution in [0.4, 0.5) is 0 Å². The molecule has 1 nitrogen and oxygen atoms in total. The molecule has 1 atom stereocenters. The van der Waals surface area contributed by atoms with Crippen LogP contribution in [0.25, 0.3) is 0 Å². The quantitative estimate of drug-likeness (QED) is 0.632. The first-order valence-corrected chi connectivity index (χ1v) is 4.67. The molecule has 1 aliphatic heterocycles. The molecule has 66 valence electrons. The third kappa shape index (κ3) is 2.08. The van der Waals surface area contributed by atoms with Crippen molar-refractivity contribution in [3.63, 3.8) is 0 Å². The molecule has 1 N–H and O–H groups in total. The Balaban J connectivity index is 0.000000336. The fraction of sp³-hybridized carbons (Fsp3) is 0.455. The van der Waals surface area contributed by atoms with E-state index >= 15 is 0 Å². The average molecular weight is 163 g/mol. The summed E-state index contributed by atoms with van der Waals surface area (Å²) in [5, 5.41) is 3.29. The smallest absolute Gasteiger partial charge is 0.0450 e. The molecule has 0 spiro atoms. The highest BCUT2D eigenvalue weighted by Gasteiger charge is 2.22. The molecule has 2 rings (SSSR count). The van der Waals surface area contributed by atoms with Crippen LogP contribution >= 0.6 is 0 Å². The average Bonchev–Trinajstić information content (AvgIpc) is 2.92. The number of aryl methyl sites for hydroxylation is 1. The fourth-order valence-electron chi connectivity index (χ4n) is 1.26. The first-order valence-electron chi connectivity index (χ1n) is 4.67. The van der Waals surface area contributed by atoms with Gasteiger partial charge in [0.25, 0.3) is 0 Å². The largest absolute Gasteiger partial charge is 0.307 e. The molecule has 0 saturated carbocycles. The summed E-state index contributed by atoms with van der Waals surface area (Å²) >= 11 is 0. The number of rotatable bonds is 1. The van der Waals surface area contributed by atoms with Crippen LogP contribution in [0.15, 0.2) is 24.3 Å². The van der Waals surface area contributed by atoms with E-state index < -0.39 is 0 Å². The zero-order valence-electron chi connectivity index (χ0n) is 8.09. The predicted octanol–water partition coefficient (Wildman–Crippen LogP) is 2.67. The van der Waals surface area contributed by atoms with E-state index in [9.17, 15) is 0 Å². The maximum Gasteiger partial charge on any atom is 0.0450 e. The van der Waals surface area contributed by atoms with Gasteiger partial charge in [-0.25, -0.2) is 0 Å². The first kappa shape index (κ1) is 9.27. The van der Waals surface area contributed by atoms with Gasteiger partial charge >= 0.3 is 0 Å². The summed E-state index contributed by atoms with van der Waals surface area (Å²) in [4.78, 5) is 0. The van der Waals surface area contributed by atoms with E-state index in [1.165, 1.54) is 11.1 Å². The Morgan fingerprint density at radius 2 is 1.83 bits per heavy atom. The van der Waals surface area contributed by atoms with Crippen LogP contribution in [0.3, 0.4) is 0 Å². The van der Waals surface area contributed by atoms with Crippen LogP contribution in [0, 0.1) is 6.92 Å². The molecule has 1 heterocycles. The van der Waals surface area contributed by atoms with Crippen molar-refractivity contribution in [2.45, 2.75) is 26.8 Å². The molecule has 1 aromatic rings. The zero-order valence-corrected chi connectivity index (χ0v) is 8.09.